The van der Waals surface area contributed by atoms with Crippen molar-refractivity contribution in [2.24, 2.45) is 0 Å². The first-order valence-corrected chi connectivity index (χ1v) is 18.2. The molecule has 4 aromatic heterocycles. The van der Waals surface area contributed by atoms with E-state index in [1.54, 1.807) is 66.9 Å². The van der Waals surface area contributed by atoms with Crippen molar-refractivity contribution in [3.05, 3.63) is 182 Å². The minimum absolute atomic E-state index is 0. The number of aliphatic hydroxyl groups excluding tert-OH is 1. The van der Waals surface area contributed by atoms with E-state index < -0.39 is 0 Å². The first-order valence-electron chi connectivity index (χ1n) is 16.3. The van der Waals surface area contributed by atoms with E-state index in [1.807, 2.05) is 54.7 Å². The SMILES string of the molecule is Clc1cccc(COc2ncnc3[nH]ccc23)c1.Clc1ncnc2[nH]ccc12.OCc1cccc(Cl)c1.[Na+].[Na+].[O-]Cc1cccc(Cl)c1.[O-]Cc1cccc(Cl)c1. The van der Waals surface area contributed by atoms with Crippen LogP contribution in [-0.4, -0.2) is 35.0 Å². The van der Waals surface area contributed by atoms with Crippen LogP contribution in [0.5, 0.6) is 5.88 Å². The molecule has 0 unspecified atom stereocenters. The molecule has 17 heteroatoms. The van der Waals surface area contributed by atoms with E-state index >= 15 is 0 Å². The van der Waals surface area contributed by atoms with Crippen LogP contribution < -0.4 is 74.1 Å². The van der Waals surface area contributed by atoms with E-state index in [9.17, 15) is 10.2 Å². The Bertz CT molecular complexity index is 2260. The second-order valence-corrected chi connectivity index (χ2v) is 13.2. The standard InChI is InChI=1S/C13H10ClN3O.C7H7ClO.2C7H6ClO.C6H4ClN3.2Na/c14-10-3-1-2-9(6-10)7-18-13-11-4-5-15-12(11)16-8-17-13;3*8-7-3-1-2-6(4-7)5-9;7-5-4-1-2-8-6(4)10-3-9-5;;/h1-6,8H,7H2,(H,15,16,17);1-4,9H,5H2;2*1-4H,5H2;1-3H,(H,8,9,10);;/q;;2*-1;;2*+1. The van der Waals surface area contributed by atoms with Gasteiger partial charge in [-0.25, -0.2) is 19.9 Å². The first kappa shape index (κ1) is 50.4. The van der Waals surface area contributed by atoms with Gasteiger partial charge in [-0.1, -0.05) is 118 Å². The molecule has 57 heavy (non-hydrogen) atoms. The fourth-order valence-corrected chi connectivity index (χ4v) is 5.52. The van der Waals surface area contributed by atoms with Crippen molar-refractivity contribution in [2.75, 3.05) is 0 Å². The maximum Gasteiger partial charge on any atom is 1.00 e. The summed E-state index contributed by atoms with van der Waals surface area (Å²) >= 11 is 28.4. The molecule has 8 aromatic rings. The molecule has 4 heterocycles. The fraction of sp³-hybridized carbons (Fsp3) is 0.100. The van der Waals surface area contributed by atoms with Gasteiger partial charge in [0.05, 0.1) is 17.4 Å². The number of hydrogen-bond acceptors (Lipinski definition) is 8. The Kier molecular flexibility index (Phi) is 24.6. The molecule has 284 valence electrons. The smallest absolute Gasteiger partial charge is 0.851 e. The van der Waals surface area contributed by atoms with Crippen molar-refractivity contribution in [3.8, 4) is 5.88 Å². The molecule has 0 atom stereocenters. The number of nitrogens with zero attached hydrogens (tertiary/aromatic N) is 4. The second-order valence-electron chi connectivity index (χ2n) is 11.1. The molecule has 0 saturated heterocycles. The number of halogens is 5. The molecule has 0 aliphatic rings. The quantitative estimate of drug-likeness (QED) is 0.170. The number of H-pyrrole nitrogens is 2. The van der Waals surface area contributed by atoms with Gasteiger partial charge in [-0.05, 0) is 71.8 Å². The van der Waals surface area contributed by atoms with Gasteiger partial charge in [0.1, 0.15) is 35.7 Å². The largest absolute Gasteiger partial charge is 1.00 e. The zero-order valence-corrected chi connectivity index (χ0v) is 38.7. The average Bonchev–Trinajstić information content (AvgIpc) is 3.90. The molecule has 0 aliphatic heterocycles. The summed E-state index contributed by atoms with van der Waals surface area (Å²) in [5.74, 6) is 0.571. The monoisotopic (exact) mass is 882 g/mol. The normalized spacial score (nSPS) is 9.75. The topological polar surface area (TPSA) is 159 Å². The number of aromatic amines is 2. The van der Waals surface area contributed by atoms with Gasteiger partial charge < -0.3 is 30.0 Å². The van der Waals surface area contributed by atoms with Crippen LogP contribution in [0.4, 0.5) is 0 Å². The summed E-state index contributed by atoms with van der Waals surface area (Å²) in [5.41, 5.74) is 4.88. The summed E-state index contributed by atoms with van der Waals surface area (Å²) in [5, 5.41) is 33.9. The molecule has 0 aliphatic carbocycles. The summed E-state index contributed by atoms with van der Waals surface area (Å²) in [6.45, 7) is 0.0968. The number of ether oxygens (including phenoxy) is 1. The molecule has 10 nitrogen and oxygen atoms in total. The van der Waals surface area contributed by atoms with Crippen LogP contribution in [0.25, 0.3) is 22.1 Å². The van der Waals surface area contributed by atoms with Gasteiger partial charge in [-0.15, -0.1) is 13.2 Å². The molecule has 0 bridgehead atoms. The Morgan fingerprint density at radius 1 is 0.526 bits per heavy atom. The van der Waals surface area contributed by atoms with Crippen LogP contribution in [0, 0.1) is 0 Å². The minimum atomic E-state index is -0.194. The predicted octanol–water partition coefficient (Wildman–Crippen LogP) is 3.04. The zero-order chi connectivity index (χ0) is 39.4. The number of benzene rings is 4. The van der Waals surface area contributed by atoms with Crippen LogP contribution in [0.15, 0.2) is 134 Å². The van der Waals surface area contributed by atoms with E-state index in [4.69, 9.17) is 67.8 Å². The van der Waals surface area contributed by atoms with Crippen molar-refractivity contribution in [1.29, 1.82) is 0 Å². The Hall–Kier alpha value is -2.75. The molecule has 3 N–H and O–H groups in total. The third kappa shape index (κ3) is 18.0. The Balaban J connectivity index is 0.000000253. The Morgan fingerprint density at radius 3 is 1.39 bits per heavy atom. The molecule has 0 fully saturated rings. The molecule has 4 aromatic carbocycles. The van der Waals surface area contributed by atoms with Crippen LogP contribution in [0.3, 0.4) is 0 Å². The predicted molar refractivity (Wildman–Crippen MR) is 216 cm³/mol. The Labute approximate surface area is 399 Å². The molecular weight excluding hydrogens is 852 g/mol. The fourth-order valence-electron chi connectivity index (χ4n) is 4.47. The number of fused-ring (bicyclic) bond motifs is 2. The zero-order valence-electron chi connectivity index (χ0n) is 30.9. The summed E-state index contributed by atoms with van der Waals surface area (Å²) in [4.78, 5) is 21.9. The van der Waals surface area contributed by atoms with Gasteiger partial charge >= 0.3 is 59.1 Å². The maximum absolute atomic E-state index is 10.2. The molecule has 8 rings (SSSR count). The van der Waals surface area contributed by atoms with E-state index in [-0.39, 0.29) is 78.9 Å². The van der Waals surface area contributed by atoms with Gasteiger partial charge in [0.15, 0.2) is 0 Å². The van der Waals surface area contributed by atoms with Crippen molar-refractivity contribution in [2.45, 2.75) is 26.4 Å². The average molecular weight is 885 g/mol. The van der Waals surface area contributed by atoms with Crippen molar-refractivity contribution >= 4 is 80.1 Å². The number of aliphatic hydroxyl groups is 1. The van der Waals surface area contributed by atoms with Crippen molar-refractivity contribution in [3.63, 3.8) is 0 Å². The molecule has 0 spiro atoms. The third-order valence-corrected chi connectivity index (χ3v) is 8.31. The number of hydrogen-bond donors (Lipinski definition) is 3. The van der Waals surface area contributed by atoms with E-state index in [0.717, 1.165) is 44.3 Å². The van der Waals surface area contributed by atoms with Gasteiger partial charge in [-0.3, -0.25) is 0 Å². The summed E-state index contributed by atoms with van der Waals surface area (Å²) < 4.78 is 5.69. The van der Waals surface area contributed by atoms with Gasteiger partial charge in [-0.2, -0.15) is 0 Å². The second kappa shape index (κ2) is 27.8. The van der Waals surface area contributed by atoms with Crippen LogP contribution >= 0.6 is 58.0 Å². The number of aromatic nitrogens is 6. The molecule has 0 saturated carbocycles. The van der Waals surface area contributed by atoms with Crippen molar-refractivity contribution in [1.82, 2.24) is 29.9 Å². The van der Waals surface area contributed by atoms with E-state index in [0.29, 0.717) is 37.7 Å². The molecular formula is C40H33Cl5N6Na2O4. The molecule has 0 radical (unpaired) electrons. The van der Waals surface area contributed by atoms with Gasteiger partial charge in [0, 0.05) is 32.5 Å². The van der Waals surface area contributed by atoms with Crippen LogP contribution in [0.2, 0.25) is 25.2 Å². The van der Waals surface area contributed by atoms with Gasteiger partial charge in [0.25, 0.3) is 0 Å². The maximum atomic E-state index is 10.2. The number of rotatable bonds is 6. The van der Waals surface area contributed by atoms with Crippen LogP contribution in [0.1, 0.15) is 22.3 Å². The Morgan fingerprint density at radius 2 is 0.947 bits per heavy atom. The van der Waals surface area contributed by atoms with Crippen molar-refractivity contribution < 1.29 is 79.2 Å². The summed E-state index contributed by atoms with van der Waals surface area (Å²) in [6.07, 6.45) is 6.50. The van der Waals surface area contributed by atoms with Crippen LogP contribution in [-0.2, 0) is 26.4 Å². The molecule has 0 amide bonds. The number of nitrogens with one attached hydrogen (secondary N) is 2. The summed E-state index contributed by atoms with van der Waals surface area (Å²) in [6, 6.07) is 32.4. The minimum Gasteiger partial charge on any atom is -0.851 e. The van der Waals surface area contributed by atoms with E-state index in [1.165, 1.54) is 12.7 Å². The first-order chi connectivity index (χ1) is 26.7. The summed E-state index contributed by atoms with van der Waals surface area (Å²) in [7, 11) is 0. The third-order valence-electron chi connectivity index (χ3n) is 7.07. The van der Waals surface area contributed by atoms with E-state index in [2.05, 4.69) is 29.9 Å². The van der Waals surface area contributed by atoms with Gasteiger partial charge in [0.2, 0.25) is 5.88 Å².